The molecule has 0 radical (unpaired) electrons. The van der Waals surface area contributed by atoms with Gasteiger partial charge in [-0.05, 0) is 31.0 Å². The number of aromatic nitrogens is 3. The molecular weight excluding hydrogens is 146 g/mol. The Kier molecular flexibility index (Phi) is 1.34. The molecule has 3 nitrogen and oxygen atoms in total. The maximum Gasteiger partial charge on any atom is 0.194 e. The van der Waals surface area contributed by atoms with Gasteiger partial charge in [-0.1, -0.05) is 0 Å². The van der Waals surface area contributed by atoms with Crippen LogP contribution in [0.25, 0.3) is 0 Å². The maximum absolute atomic E-state index is 4.98. The minimum atomic E-state index is 0.743. The van der Waals surface area contributed by atoms with Crippen molar-refractivity contribution in [3.8, 4) is 0 Å². The first kappa shape index (κ1) is 6.09. The summed E-state index contributed by atoms with van der Waals surface area (Å²) in [5, 5.41) is 6.57. The Bertz CT molecular complexity index is 271. The van der Waals surface area contributed by atoms with Gasteiger partial charge in [-0.15, -0.1) is 0 Å². The summed E-state index contributed by atoms with van der Waals surface area (Å²) in [6.45, 7) is 1.05. The van der Waals surface area contributed by atoms with Crippen LogP contribution >= 0.6 is 12.2 Å². The topological polar surface area (TPSA) is 33.6 Å². The van der Waals surface area contributed by atoms with Gasteiger partial charge in [-0.25, -0.2) is 0 Å². The Morgan fingerprint density at radius 2 is 2.60 bits per heavy atom. The molecule has 0 aromatic carbocycles. The Morgan fingerprint density at radius 1 is 1.80 bits per heavy atom. The Labute approximate surface area is 64.1 Å². The fourth-order valence-electron chi connectivity index (χ4n) is 0.979. The standard InChI is InChI=1S/C6H9N3S/c10-6-8-7-4-9(6)3-5-1-2-5/h4-5H,1-3H2,(H,8,10). The summed E-state index contributed by atoms with van der Waals surface area (Å²) in [5.41, 5.74) is 0. The molecule has 0 aliphatic heterocycles. The summed E-state index contributed by atoms with van der Waals surface area (Å²) in [5.74, 6) is 0.865. The van der Waals surface area contributed by atoms with Crippen molar-refractivity contribution in [3.05, 3.63) is 11.1 Å². The van der Waals surface area contributed by atoms with Gasteiger partial charge in [0, 0.05) is 6.54 Å². The summed E-state index contributed by atoms with van der Waals surface area (Å²) in [6, 6.07) is 0. The van der Waals surface area contributed by atoms with Crippen molar-refractivity contribution in [2.24, 2.45) is 5.92 Å². The molecule has 0 amide bonds. The molecule has 1 aliphatic carbocycles. The second kappa shape index (κ2) is 2.20. The summed E-state index contributed by atoms with van der Waals surface area (Å²) in [4.78, 5) is 0. The van der Waals surface area contributed by atoms with Crippen LogP contribution in [0.15, 0.2) is 6.33 Å². The molecule has 1 saturated carbocycles. The van der Waals surface area contributed by atoms with Crippen LogP contribution in [-0.2, 0) is 6.54 Å². The fourth-order valence-corrected chi connectivity index (χ4v) is 1.15. The molecule has 0 saturated heterocycles. The lowest BCUT2D eigenvalue weighted by Crippen LogP contribution is -1.97. The van der Waals surface area contributed by atoms with E-state index in [1.165, 1.54) is 12.8 Å². The first-order valence-corrected chi connectivity index (χ1v) is 3.87. The Hall–Kier alpha value is -0.640. The van der Waals surface area contributed by atoms with E-state index in [9.17, 15) is 0 Å². The van der Waals surface area contributed by atoms with Crippen molar-refractivity contribution in [2.45, 2.75) is 19.4 Å². The van der Waals surface area contributed by atoms with Crippen molar-refractivity contribution in [2.75, 3.05) is 0 Å². The fraction of sp³-hybridized carbons (Fsp3) is 0.667. The Morgan fingerprint density at radius 3 is 3.10 bits per heavy atom. The van der Waals surface area contributed by atoms with Crippen LogP contribution in [0.4, 0.5) is 0 Å². The van der Waals surface area contributed by atoms with Gasteiger partial charge in [0.05, 0.1) is 0 Å². The largest absolute Gasteiger partial charge is 0.306 e. The van der Waals surface area contributed by atoms with Gasteiger partial charge in [0.1, 0.15) is 6.33 Å². The molecule has 0 atom stereocenters. The molecule has 0 unspecified atom stereocenters. The number of nitrogens with zero attached hydrogens (tertiary/aromatic N) is 2. The third-order valence-corrected chi connectivity index (χ3v) is 2.10. The zero-order valence-electron chi connectivity index (χ0n) is 5.58. The molecule has 0 bridgehead atoms. The monoisotopic (exact) mass is 155 g/mol. The smallest absolute Gasteiger partial charge is 0.194 e. The van der Waals surface area contributed by atoms with Crippen molar-refractivity contribution < 1.29 is 0 Å². The molecule has 1 aromatic heterocycles. The first-order chi connectivity index (χ1) is 4.86. The van der Waals surface area contributed by atoms with Gasteiger partial charge in [0.25, 0.3) is 0 Å². The van der Waals surface area contributed by atoms with E-state index in [-0.39, 0.29) is 0 Å². The molecule has 1 heterocycles. The van der Waals surface area contributed by atoms with E-state index in [0.717, 1.165) is 17.2 Å². The minimum absolute atomic E-state index is 0.743. The number of hydrogen-bond donors (Lipinski definition) is 1. The van der Waals surface area contributed by atoms with Crippen LogP contribution in [0.2, 0.25) is 0 Å². The van der Waals surface area contributed by atoms with E-state index in [4.69, 9.17) is 12.2 Å². The lowest BCUT2D eigenvalue weighted by atomic mass is 10.4. The molecular formula is C6H9N3S. The van der Waals surface area contributed by atoms with Crippen LogP contribution in [-0.4, -0.2) is 14.8 Å². The second-order valence-electron chi connectivity index (χ2n) is 2.76. The van der Waals surface area contributed by atoms with E-state index in [1.807, 2.05) is 4.57 Å². The molecule has 1 fully saturated rings. The summed E-state index contributed by atoms with van der Waals surface area (Å²) < 4.78 is 2.74. The molecule has 10 heavy (non-hydrogen) atoms. The third-order valence-electron chi connectivity index (χ3n) is 1.77. The molecule has 1 N–H and O–H groups in total. The first-order valence-electron chi connectivity index (χ1n) is 3.46. The lowest BCUT2D eigenvalue weighted by Gasteiger charge is -1.95. The van der Waals surface area contributed by atoms with Crippen molar-refractivity contribution in [3.63, 3.8) is 0 Å². The molecule has 1 aromatic rings. The number of nitrogens with one attached hydrogen (secondary N) is 1. The molecule has 0 spiro atoms. The molecule has 1 aliphatic rings. The molecule has 54 valence electrons. The maximum atomic E-state index is 4.98. The highest BCUT2D eigenvalue weighted by atomic mass is 32.1. The summed E-state index contributed by atoms with van der Waals surface area (Å²) >= 11 is 4.98. The van der Waals surface area contributed by atoms with Gasteiger partial charge in [-0.2, -0.15) is 5.10 Å². The average Bonchev–Trinajstić information content (AvgIpc) is 2.62. The van der Waals surface area contributed by atoms with E-state index >= 15 is 0 Å². The van der Waals surface area contributed by atoms with Crippen molar-refractivity contribution in [1.82, 2.24) is 14.8 Å². The molecule has 2 rings (SSSR count). The second-order valence-corrected chi connectivity index (χ2v) is 3.14. The van der Waals surface area contributed by atoms with E-state index < -0.39 is 0 Å². The third kappa shape index (κ3) is 1.11. The summed E-state index contributed by atoms with van der Waals surface area (Å²) in [6.07, 6.45) is 4.47. The predicted molar refractivity (Wildman–Crippen MR) is 40.1 cm³/mol. The number of rotatable bonds is 2. The van der Waals surface area contributed by atoms with E-state index in [2.05, 4.69) is 10.2 Å². The lowest BCUT2D eigenvalue weighted by molar-refractivity contribution is 0.618. The number of aromatic amines is 1. The highest BCUT2D eigenvalue weighted by molar-refractivity contribution is 7.71. The van der Waals surface area contributed by atoms with E-state index in [0.29, 0.717) is 0 Å². The van der Waals surface area contributed by atoms with Gasteiger partial charge in [0.15, 0.2) is 4.77 Å². The van der Waals surface area contributed by atoms with Crippen LogP contribution in [0.5, 0.6) is 0 Å². The minimum Gasteiger partial charge on any atom is -0.306 e. The zero-order valence-corrected chi connectivity index (χ0v) is 6.40. The van der Waals surface area contributed by atoms with Gasteiger partial charge in [0.2, 0.25) is 0 Å². The SMILES string of the molecule is S=c1[nH]ncn1CC1CC1. The Balaban J connectivity index is 2.16. The quantitative estimate of drug-likeness (QED) is 0.654. The normalized spacial score (nSPS) is 17.6. The van der Waals surface area contributed by atoms with Crippen LogP contribution in [0.1, 0.15) is 12.8 Å². The van der Waals surface area contributed by atoms with Crippen LogP contribution in [0.3, 0.4) is 0 Å². The predicted octanol–water partition coefficient (Wildman–Crippen LogP) is 1.35. The van der Waals surface area contributed by atoms with E-state index in [1.54, 1.807) is 6.33 Å². The van der Waals surface area contributed by atoms with Gasteiger partial charge >= 0.3 is 0 Å². The van der Waals surface area contributed by atoms with Gasteiger partial charge < -0.3 is 4.57 Å². The van der Waals surface area contributed by atoms with Crippen LogP contribution in [0, 0.1) is 10.7 Å². The number of H-pyrrole nitrogens is 1. The summed E-state index contributed by atoms with van der Waals surface area (Å²) in [7, 11) is 0. The van der Waals surface area contributed by atoms with Crippen LogP contribution < -0.4 is 0 Å². The highest BCUT2D eigenvalue weighted by Gasteiger charge is 2.21. The van der Waals surface area contributed by atoms with Crippen molar-refractivity contribution in [1.29, 1.82) is 0 Å². The van der Waals surface area contributed by atoms with Gasteiger partial charge in [-0.3, -0.25) is 5.10 Å². The molecule has 4 heteroatoms. The average molecular weight is 155 g/mol. The highest BCUT2D eigenvalue weighted by Crippen LogP contribution is 2.30. The zero-order chi connectivity index (χ0) is 6.97. The van der Waals surface area contributed by atoms with Crippen molar-refractivity contribution >= 4 is 12.2 Å². The number of hydrogen-bond acceptors (Lipinski definition) is 2.